The van der Waals surface area contributed by atoms with Gasteiger partial charge in [0.25, 0.3) is 0 Å². The monoisotopic (exact) mass is 250 g/mol. The fourth-order valence-corrected chi connectivity index (χ4v) is 1.54. The maximum Gasteiger partial charge on any atom is 0.240 e. The zero-order chi connectivity index (χ0) is 13.9. The largest absolute Gasteiger partial charge is 0.491 e. The van der Waals surface area contributed by atoms with E-state index in [2.05, 4.69) is 13.8 Å². The van der Waals surface area contributed by atoms with Crippen LogP contribution in [0.3, 0.4) is 0 Å². The number of hydrogen-bond acceptors (Lipinski definition) is 3. The van der Waals surface area contributed by atoms with Crippen molar-refractivity contribution in [2.45, 2.75) is 39.2 Å². The molecule has 1 aromatic rings. The summed E-state index contributed by atoms with van der Waals surface area (Å²) in [5.74, 6) is 0.544. The number of nitrogens with two attached hydrogens (primary N) is 2. The Morgan fingerprint density at radius 2 is 2.06 bits per heavy atom. The summed E-state index contributed by atoms with van der Waals surface area (Å²) >= 11 is 0. The van der Waals surface area contributed by atoms with Crippen LogP contribution in [0.4, 0.5) is 0 Å². The van der Waals surface area contributed by atoms with Gasteiger partial charge in [-0.05, 0) is 37.0 Å². The molecule has 0 aliphatic rings. The molecule has 0 aliphatic heterocycles. The van der Waals surface area contributed by atoms with Crippen molar-refractivity contribution in [3.63, 3.8) is 0 Å². The fraction of sp³-hybridized carbons (Fsp3) is 0.500. The van der Waals surface area contributed by atoms with Gasteiger partial charge in [-0.25, -0.2) is 0 Å². The van der Waals surface area contributed by atoms with Crippen molar-refractivity contribution in [2.24, 2.45) is 11.5 Å². The lowest BCUT2D eigenvalue weighted by Gasteiger charge is -2.22. The van der Waals surface area contributed by atoms with E-state index >= 15 is 0 Å². The molecule has 0 radical (unpaired) electrons. The third kappa shape index (κ3) is 3.47. The summed E-state index contributed by atoms with van der Waals surface area (Å²) in [5, 5.41) is 0. The Kier molecular flexibility index (Phi) is 4.35. The number of hydrogen-bond donors (Lipinski definition) is 2. The lowest BCUT2D eigenvalue weighted by molar-refractivity contribution is -0.123. The Labute approximate surface area is 108 Å². The first kappa shape index (κ1) is 14.5. The Balaban J connectivity index is 2.90. The highest BCUT2D eigenvalue weighted by molar-refractivity contribution is 5.84. The van der Waals surface area contributed by atoms with Crippen molar-refractivity contribution in [1.29, 1.82) is 0 Å². The Morgan fingerprint density at radius 3 is 2.56 bits per heavy atom. The fourth-order valence-electron chi connectivity index (χ4n) is 1.54. The van der Waals surface area contributed by atoms with E-state index in [1.807, 2.05) is 25.1 Å². The molecule has 0 aromatic heterocycles. The molecule has 1 unspecified atom stereocenters. The van der Waals surface area contributed by atoms with E-state index in [0.717, 1.165) is 16.9 Å². The van der Waals surface area contributed by atoms with Gasteiger partial charge in [0, 0.05) is 0 Å². The van der Waals surface area contributed by atoms with Gasteiger partial charge in [-0.2, -0.15) is 0 Å². The highest BCUT2D eigenvalue weighted by Gasteiger charge is 2.27. The van der Waals surface area contributed by atoms with Crippen LogP contribution in [0.25, 0.3) is 0 Å². The number of rotatable bonds is 5. The Bertz CT molecular complexity index is 439. The summed E-state index contributed by atoms with van der Waals surface area (Å²) in [4.78, 5) is 11.1. The summed E-state index contributed by atoms with van der Waals surface area (Å²) < 4.78 is 5.68. The quantitative estimate of drug-likeness (QED) is 0.834. The topological polar surface area (TPSA) is 78.3 Å². The SMILES string of the molecule is Cc1ccc(C(C)C)c(OCC(C)(N)C(N)=O)c1. The molecular formula is C14H22N2O2. The molecule has 4 N–H and O–H groups in total. The maximum atomic E-state index is 11.1. The standard InChI is InChI=1S/C14H22N2O2/c1-9(2)11-6-5-10(3)7-12(11)18-8-14(4,16)13(15)17/h5-7,9H,8,16H2,1-4H3,(H2,15,17). The highest BCUT2D eigenvalue weighted by atomic mass is 16.5. The predicted molar refractivity (Wildman–Crippen MR) is 72.5 cm³/mol. The molecule has 0 aliphatic carbocycles. The first-order valence-electron chi connectivity index (χ1n) is 6.06. The smallest absolute Gasteiger partial charge is 0.240 e. The highest BCUT2D eigenvalue weighted by Crippen LogP contribution is 2.27. The molecule has 0 bridgehead atoms. The van der Waals surface area contributed by atoms with E-state index in [1.54, 1.807) is 6.92 Å². The van der Waals surface area contributed by atoms with E-state index in [-0.39, 0.29) is 6.61 Å². The van der Waals surface area contributed by atoms with E-state index in [0.29, 0.717) is 5.92 Å². The minimum Gasteiger partial charge on any atom is -0.491 e. The molecule has 0 saturated carbocycles. The average Bonchev–Trinajstić information content (AvgIpc) is 2.26. The van der Waals surface area contributed by atoms with Crippen LogP contribution in [0.2, 0.25) is 0 Å². The number of primary amides is 1. The summed E-state index contributed by atoms with van der Waals surface area (Å²) in [6.45, 7) is 7.82. The van der Waals surface area contributed by atoms with Crippen molar-refractivity contribution in [2.75, 3.05) is 6.61 Å². The van der Waals surface area contributed by atoms with Crippen LogP contribution < -0.4 is 16.2 Å². The van der Waals surface area contributed by atoms with Crippen LogP contribution >= 0.6 is 0 Å². The second-order valence-electron chi connectivity index (χ2n) is 5.27. The molecule has 4 nitrogen and oxygen atoms in total. The molecule has 0 saturated heterocycles. The van der Waals surface area contributed by atoms with Gasteiger partial charge in [0.2, 0.25) is 5.91 Å². The second-order valence-corrected chi connectivity index (χ2v) is 5.27. The van der Waals surface area contributed by atoms with E-state index in [1.165, 1.54) is 0 Å². The summed E-state index contributed by atoms with van der Waals surface area (Å²) in [6, 6.07) is 6.03. The van der Waals surface area contributed by atoms with Crippen LogP contribution in [-0.2, 0) is 4.79 Å². The van der Waals surface area contributed by atoms with Crippen molar-refractivity contribution < 1.29 is 9.53 Å². The first-order valence-corrected chi connectivity index (χ1v) is 6.06. The van der Waals surface area contributed by atoms with Crippen molar-refractivity contribution in [3.05, 3.63) is 29.3 Å². The van der Waals surface area contributed by atoms with Gasteiger partial charge >= 0.3 is 0 Å². The number of carbonyl (C=O) groups is 1. The van der Waals surface area contributed by atoms with Crippen molar-refractivity contribution >= 4 is 5.91 Å². The van der Waals surface area contributed by atoms with Gasteiger partial charge in [-0.3, -0.25) is 4.79 Å². The van der Waals surface area contributed by atoms with E-state index in [4.69, 9.17) is 16.2 Å². The van der Waals surface area contributed by atoms with Gasteiger partial charge < -0.3 is 16.2 Å². The van der Waals surface area contributed by atoms with Crippen LogP contribution in [0.15, 0.2) is 18.2 Å². The van der Waals surface area contributed by atoms with Crippen LogP contribution in [-0.4, -0.2) is 18.1 Å². The maximum absolute atomic E-state index is 11.1. The molecule has 0 fully saturated rings. The number of carbonyl (C=O) groups excluding carboxylic acids is 1. The van der Waals surface area contributed by atoms with E-state index < -0.39 is 11.4 Å². The number of amides is 1. The molecule has 1 aromatic carbocycles. The zero-order valence-electron chi connectivity index (χ0n) is 11.5. The van der Waals surface area contributed by atoms with Crippen LogP contribution in [0.5, 0.6) is 5.75 Å². The average molecular weight is 250 g/mol. The Hall–Kier alpha value is -1.55. The zero-order valence-corrected chi connectivity index (χ0v) is 11.5. The van der Waals surface area contributed by atoms with E-state index in [9.17, 15) is 4.79 Å². The summed E-state index contributed by atoms with van der Waals surface area (Å²) in [6.07, 6.45) is 0. The van der Waals surface area contributed by atoms with Crippen LogP contribution in [0.1, 0.15) is 37.8 Å². The second kappa shape index (κ2) is 5.40. The van der Waals surface area contributed by atoms with Gasteiger partial charge in [-0.1, -0.05) is 26.0 Å². The van der Waals surface area contributed by atoms with Gasteiger partial charge in [0.05, 0.1) is 0 Å². The van der Waals surface area contributed by atoms with Crippen LogP contribution in [0, 0.1) is 6.92 Å². The third-order valence-electron chi connectivity index (χ3n) is 2.88. The van der Waals surface area contributed by atoms with Gasteiger partial charge in [-0.15, -0.1) is 0 Å². The summed E-state index contributed by atoms with van der Waals surface area (Å²) in [7, 11) is 0. The molecule has 0 spiro atoms. The minimum atomic E-state index is -1.15. The summed E-state index contributed by atoms with van der Waals surface area (Å²) in [5.41, 5.74) is 12.0. The minimum absolute atomic E-state index is 0.0749. The lowest BCUT2D eigenvalue weighted by Crippen LogP contribution is -2.53. The normalized spacial score (nSPS) is 14.3. The number of aryl methyl sites for hydroxylation is 1. The predicted octanol–water partition coefficient (Wildman–Crippen LogP) is 1.70. The molecule has 1 amide bonds. The number of benzene rings is 1. The molecule has 0 heterocycles. The van der Waals surface area contributed by atoms with Gasteiger partial charge in [0.1, 0.15) is 17.9 Å². The molecule has 1 rings (SSSR count). The molecular weight excluding hydrogens is 228 g/mol. The Morgan fingerprint density at radius 1 is 1.44 bits per heavy atom. The molecule has 100 valence electrons. The third-order valence-corrected chi connectivity index (χ3v) is 2.88. The van der Waals surface area contributed by atoms with Gasteiger partial charge in [0.15, 0.2) is 0 Å². The molecule has 4 heteroatoms. The van der Waals surface area contributed by atoms with Crippen molar-refractivity contribution in [3.8, 4) is 5.75 Å². The first-order chi connectivity index (χ1) is 8.24. The molecule has 1 atom stereocenters. The molecule has 18 heavy (non-hydrogen) atoms. The lowest BCUT2D eigenvalue weighted by atomic mass is 10.00. The number of ether oxygens (including phenoxy) is 1. The van der Waals surface area contributed by atoms with Crippen molar-refractivity contribution in [1.82, 2.24) is 0 Å².